The van der Waals surface area contributed by atoms with E-state index in [4.69, 9.17) is 8.37 Å². The van der Waals surface area contributed by atoms with E-state index in [-0.39, 0.29) is 12.8 Å². The Morgan fingerprint density at radius 1 is 0.429 bits per heavy atom. The number of benzene rings is 6. The van der Waals surface area contributed by atoms with Crippen LogP contribution in [0.1, 0.15) is 60.1 Å². The Hall–Kier alpha value is -5.92. The van der Waals surface area contributed by atoms with E-state index < -0.39 is 73.6 Å². The van der Waals surface area contributed by atoms with E-state index in [1.54, 1.807) is 13.8 Å². The number of hydrogen-bond donors (Lipinski definition) is 2. The molecule has 10 nitrogen and oxygen atoms in total. The normalized spacial score (nSPS) is 13.4. The molecule has 0 saturated carbocycles. The Morgan fingerprint density at radius 3 is 0.810 bits per heavy atom. The van der Waals surface area contributed by atoms with Crippen LogP contribution in [0.5, 0.6) is 0 Å². The maximum atomic E-state index is 15.5. The lowest BCUT2D eigenvalue weighted by molar-refractivity contribution is -0.146. The summed E-state index contributed by atoms with van der Waals surface area (Å²) >= 11 is 0. The molecule has 0 radical (unpaired) electrons. The molecule has 0 fully saturated rings. The molecule has 12 heteroatoms. The smallest absolute Gasteiger partial charge is 0.264 e. The van der Waals surface area contributed by atoms with Crippen molar-refractivity contribution in [1.82, 2.24) is 10.6 Å². The zero-order chi connectivity index (χ0) is 45.1. The Morgan fingerprint density at radius 2 is 0.635 bits per heavy atom. The molecule has 2 atom stereocenters. The van der Waals surface area contributed by atoms with Gasteiger partial charge in [-0.15, -0.1) is 0 Å². The van der Waals surface area contributed by atoms with Crippen molar-refractivity contribution in [1.29, 1.82) is 0 Å². The van der Waals surface area contributed by atoms with E-state index in [1.807, 2.05) is 182 Å². The van der Waals surface area contributed by atoms with Crippen molar-refractivity contribution in [2.24, 2.45) is 5.41 Å². The summed E-state index contributed by atoms with van der Waals surface area (Å²) in [6, 6.07) is 54.5. The summed E-state index contributed by atoms with van der Waals surface area (Å²) in [5.41, 5.74) is 0.166. The molecule has 328 valence electrons. The Balaban J connectivity index is 1.54. The number of nitrogens with one attached hydrogen (secondary N) is 2. The van der Waals surface area contributed by atoms with Crippen LogP contribution in [0.4, 0.5) is 0 Å². The van der Waals surface area contributed by atoms with Crippen molar-refractivity contribution in [3.8, 4) is 0 Å². The first-order valence-electron chi connectivity index (χ1n) is 20.9. The summed E-state index contributed by atoms with van der Waals surface area (Å²) in [7, 11) is -8.10. The Labute approximate surface area is 372 Å². The van der Waals surface area contributed by atoms with E-state index in [1.165, 1.54) is 0 Å². The van der Waals surface area contributed by atoms with Crippen LogP contribution in [0.3, 0.4) is 0 Å². The van der Waals surface area contributed by atoms with Gasteiger partial charge in [0.05, 0.1) is 48.6 Å². The molecule has 0 bridgehead atoms. The second kappa shape index (κ2) is 20.1. The minimum absolute atomic E-state index is 0.0183. The van der Waals surface area contributed by atoms with E-state index in [0.717, 1.165) is 45.9 Å². The minimum Gasteiger partial charge on any atom is -0.348 e. The highest BCUT2D eigenvalue weighted by molar-refractivity contribution is 7.86. The fraction of sp³-hybridized carbons (Fsp3) is 0.255. The minimum atomic E-state index is -4.05. The third kappa shape index (κ3) is 10.00. The molecule has 0 aromatic heterocycles. The molecule has 0 saturated heterocycles. The maximum absolute atomic E-state index is 15.5. The summed E-state index contributed by atoms with van der Waals surface area (Å²) < 4.78 is 62.5. The van der Waals surface area contributed by atoms with Gasteiger partial charge in [-0.05, 0) is 46.2 Å². The van der Waals surface area contributed by atoms with Crippen LogP contribution < -0.4 is 10.6 Å². The second-order valence-corrected chi connectivity index (χ2v) is 18.9. The van der Waals surface area contributed by atoms with Crippen LogP contribution in [0.2, 0.25) is 0 Å². The summed E-state index contributed by atoms with van der Waals surface area (Å²) in [6.45, 7) is 2.51. The standard InChI is InChI=1S/C51H54N2O8S2/c1-5-49(6-2,47(54)52-45(37-60-62(3,56)57)50(39-25-13-7-14-26-39,40-27-15-8-16-28-40)41-29-17-9-18-30-41)48(55)53-46(38-61-63(4,58)59)51(42-31-19-10-20-32-42,43-33-21-11-22-34-43)44-35-23-12-24-36-44/h7-36,45-46H,5-6,37-38H2,1-4H3,(H,52,54)(H,53,55)/t45-,46-/m1/s1. The van der Waals surface area contributed by atoms with E-state index in [2.05, 4.69) is 10.6 Å². The highest BCUT2D eigenvalue weighted by Gasteiger charge is 2.52. The first-order chi connectivity index (χ1) is 30.2. The van der Waals surface area contributed by atoms with Crippen LogP contribution in [0, 0.1) is 5.41 Å². The van der Waals surface area contributed by atoms with Crippen LogP contribution in [-0.4, -0.2) is 66.5 Å². The number of carbonyl (C=O) groups excluding carboxylic acids is 2. The van der Waals surface area contributed by atoms with Crippen molar-refractivity contribution in [2.75, 3.05) is 25.7 Å². The number of amides is 2. The van der Waals surface area contributed by atoms with Gasteiger partial charge < -0.3 is 10.6 Å². The number of carbonyl (C=O) groups is 2. The topological polar surface area (TPSA) is 145 Å². The van der Waals surface area contributed by atoms with Gasteiger partial charge in [0.1, 0.15) is 5.41 Å². The molecule has 0 aliphatic carbocycles. The van der Waals surface area contributed by atoms with E-state index >= 15 is 9.59 Å². The molecular formula is C51H54N2O8S2. The Kier molecular flexibility index (Phi) is 14.8. The Bertz CT molecular complexity index is 2260. The molecule has 6 aromatic rings. The molecule has 2 N–H and O–H groups in total. The van der Waals surface area contributed by atoms with Gasteiger partial charge in [0.15, 0.2) is 0 Å². The monoisotopic (exact) mass is 886 g/mol. The predicted molar refractivity (Wildman–Crippen MR) is 247 cm³/mol. The van der Waals surface area contributed by atoms with Gasteiger partial charge in [-0.3, -0.25) is 18.0 Å². The molecule has 2 amide bonds. The van der Waals surface area contributed by atoms with Gasteiger partial charge >= 0.3 is 0 Å². The lowest BCUT2D eigenvalue weighted by Gasteiger charge is -2.45. The molecule has 0 unspecified atom stereocenters. The van der Waals surface area contributed by atoms with Crippen molar-refractivity contribution in [3.05, 3.63) is 215 Å². The largest absolute Gasteiger partial charge is 0.348 e. The van der Waals surface area contributed by atoms with Gasteiger partial charge in [-0.2, -0.15) is 16.8 Å². The first kappa shape index (κ1) is 46.6. The maximum Gasteiger partial charge on any atom is 0.264 e. The summed E-state index contributed by atoms with van der Waals surface area (Å²) in [6.07, 6.45) is 1.94. The third-order valence-electron chi connectivity index (χ3n) is 12.0. The van der Waals surface area contributed by atoms with Crippen molar-refractivity contribution in [3.63, 3.8) is 0 Å². The zero-order valence-electron chi connectivity index (χ0n) is 35.9. The van der Waals surface area contributed by atoms with Gasteiger partial charge in [-0.1, -0.05) is 196 Å². The van der Waals surface area contributed by atoms with Gasteiger partial charge in [0.25, 0.3) is 20.2 Å². The molecule has 6 aromatic carbocycles. The van der Waals surface area contributed by atoms with E-state index in [9.17, 15) is 16.8 Å². The summed E-state index contributed by atoms with van der Waals surface area (Å²) in [5, 5.41) is 6.39. The fourth-order valence-electron chi connectivity index (χ4n) is 8.93. The zero-order valence-corrected chi connectivity index (χ0v) is 37.5. The molecule has 0 aliphatic rings. The van der Waals surface area contributed by atoms with Crippen LogP contribution in [0.25, 0.3) is 0 Å². The highest BCUT2D eigenvalue weighted by Crippen LogP contribution is 2.45. The average molecular weight is 887 g/mol. The molecule has 0 heterocycles. The van der Waals surface area contributed by atoms with Crippen LogP contribution >= 0.6 is 0 Å². The lowest BCUT2D eigenvalue weighted by Crippen LogP contribution is -2.62. The quantitative estimate of drug-likeness (QED) is 0.0450. The first-order valence-corrected chi connectivity index (χ1v) is 24.5. The average Bonchev–Trinajstić information content (AvgIpc) is 3.30. The predicted octanol–water partition coefficient (Wildman–Crippen LogP) is 7.78. The van der Waals surface area contributed by atoms with Crippen LogP contribution in [-0.2, 0) is 49.0 Å². The summed E-state index contributed by atoms with van der Waals surface area (Å²) in [4.78, 5) is 31.0. The van der Waals surface area contributed by atoms with Crippen LogP contribution in [0.15, 0.2) is 182 Å². The molecule has 0 spiro atoms. The lowest BCUT2D eigenvalue weighted by atomic mass is 9.64. The van der Waals surface area contributed by atoms with Crippen molar-refractivity contribution < 1.29 is 34.8 Å². The molecule has 63 heavy (non-hydrogen) atoms. The van der Waals surface area contributed by atoms with Gasteiger partial charge in [-0.25, -0.2) is 0 Å². The van der Waals surface area contributed by atoms with E-state index in [0.29, 0.717) is 0 Å². The molecular weight excluding hydrogens is 833 g/mol. The number of rotatable bonds is 20. The molecule has 0 aliphatic heterocycles. The van der Waals surface area contributed by atoms with Gasteiger partial charge in [0, 0.05) is 0 Å². The SMILES string of the molecule is CCC(CC)(C(=O)N[C@H](COS(C)(=O)=O)C(c1ccccc1)(c1ccccc1)c1ccccc1)C(=O)N[C@H](COS(C)(=O)=O)C(c1ccccc1)(c1ccccc1)c1ccccc1. The highest BCUT2D eigenvalue weighted by atomic mass is 32.2. The fourth-order valence-corrected chi connectivity index (χ4v) is 9.70. The summed E-state index contributed by atoms with van der Waals surface area (Å²) in [5.74, 6) is -1.35. The van der Waals surface area contributed by atoms with Gasteiger partial charge in [0.2, 0.25) is 11.8 Å². The number of hydrogen-bond acceptors (Lipinski definition) is 8. The molecule has 6 rings (SSSR count). The van der Waals surface area contributed by atoms with Crippen molar-refractivity contribution in [2.45, 2.75) is 49.6 Å². The van der Waals surface area contributed by atoms with Crippen molar-refractivity contribution >= 4 is 32.1 Å². The second-order valence-electron chi connectivity index (χ2n) is 15.6. The third-order valence-corrected chi connectivity index (χ3v) is 13.1.